The predicted molar refractivity (Wildman–Crippen MR) is 108 cm³/mol. The molecule has 0 radical (unpaired) electrons. The molecule has 4 heterocycles. The molecule has 8 nitrogen and oxygen atoms in total. The number of hydrogen-bond acceptors (Lipinski definition) is 7. The van der Waals surface area contributed by atoms with Crippen LogP contribution in [0.4, 0.5) is 0 Å². The van der Waals surface area contributed by atoms with Gasteiger partial charge in [0.25, 0.3) is 11.7 Å². The monoisotopic (exact) mass is 418 g/mol. The topological polar surface area (TPSA) is 102 Å². The fraction of sp³-hybridized carbons (Fsp3) is 0.174. The maximum atomic E-state index is 13.0. The van der Waals surface area contributed by atoms with Gasteiger partial charge in [0.1, 0.15) is 23.3 Å². The minimum absolute atomic E-state index is 0.0397. The number of likely N-dealkylation sites (tertiary alicyclic amines) is 1. The maximum Gasteiger partial charge on any atom is 0.296 e. The standard InChI is InChI=1S/C23H18N2O6/c1-13-4-6-17(31-13)20-19(21(26)15-5-7-16-18(9-15)30-12-29-16)22(27)23(28)25(20)11-14-3-2-8-24-10-14/h2-10,20,26H,11-12H2,1H3/b21-19-. The molecular weight excluding hydrogens is 400 g/mol. The molecule has 2 aliphatic heterocycles. The van der Waals surface area contributed by atoms with Gasteiger partial charge in [-0.2, -0.15) is 0 Å². The Morgan fingerprint density at radius 3 is 2.74 bits per heavy atom. The lowest BCUT2D eigenvalue weighted by Crippen LogP contribution is -2.29. The summed E-state index contributed by atoms with van der Waals surface area (Å²) in [5.74, 6) is 0.228. The van der Waals surface area contributed by atoms with E-state index in [0.717, 1.165) is 5.56 Å². The van der Waals surface area contributed by atoms with Crippen molar-refractivity contribution in [3.8, 4) is 11.5 Å². The first-order valence-corrected chi connectivity index (χ1v) is 9.66. The molecule has 2 aromatic heterocycles. The molecule has 0 spiro atoms. The van der Waals surface area contributed by atoms with Gasteiger partial charge in [-0.1, -0.05) is 6.07 Å². The fourth-order valence-electron chi connectivity index (χ4n) is 3.83. The second kappa shape index (κ2) is 7.32. The number of rotatable bonds is 4. The number of ether oxygens (including phenoxy) is 2. The van der Waals surface area contributed by atoms with Crippen molar-refractivity contribution in [2.75, 3.05) is 6.79 Å². The third kappa shape index (κ3) is 3.22. The average Bonchev–Trinajstić information content (AvgIpc) is 3.48. The van der Waals surface area contributed by atoms with Crippen molar-refractivity contribution < 1.29 is 28.6 Å². The highest BCUT2D eigenvalue weighted by atomic mass is 16.7. The fourth-order valence-corrected chi connectivity index (χ4v) is 3.83. The summed E-state index contributed by atoms with van der Waals surface area (Å²) in [6.07, 6.45) is 3.26. The van der Waals surface area contributed by atoms with Crippen molar-refractivity contribution >= 4 is 17.4 Å². The number of fused-ring (bicyclic) bond motifs is 1. The molecule has 5 rings (SSSR count). The lowest BCUT2D eigenvalue weighted by Gasteiger charge is -2.23. The van der Waals surface area contributed by atoms with Gasteiger partial charge in [-0.05, 0) is 48.9 Å². The van der Waals surface area contributed by atoms with Crippen LogP contribution in [0.1, 0.15) is 28.7 Å². The van der Waals surface area contributed by atoms with Crippen LogP contribution in [0.3, 0.4) is 0 Å². The number of carbonyl (C=O) groups is 2. The van der Waals surface area contributed by atoms with Crippen molar-refractivity contribution in [2.24, 2.45) is 0 Å². The van der Waals surface area contributed by atoms with Gasteiger partial charge >= 0.3 is 0 Å². The van der Waals surface area contributed by atoms with E-state index in [0.29, 0.717) is 28.6 Å². The first-order valence-electron chi connectivity index (χ1n) is 9.66. The van der Waals surface area contributed by atoms with Crippen LogP contribution in [0.5, 0.6) is 11.5 Å². The molecule has 1 amide bonds. The summed E-state index contributed by atoms with van der Waals surface area (Å²) in [7, 11) is 0. The number of Topliss-reactive ketones (excluding diaryl/α,β-unsaturated/α-hetero) is 1. The molecule has 3 aromatic rings. The van der Waals surface area contributed by atoms with Crippen LogP contribution >= 0.6 is 0 Å². The Bertz CT molecular complexity index is 1210. The van der Waals surface area contributed by atoms with E-state index < -0.39 is 17.7 Å². The van der Waals surface area contributed by atoms with Crippen LogP contribution in [-0.2, 0) is 16.1 Å². The minimum Gasteiger partial charge on any atom is -0.507 e. The van der Waals surface area contributed by atoms with Crippen molar-refractivity contribution in [1.82, 2.24) is 9.88 Å². The average molecular weight is 418 g/mol. The highest BCUT2D eigenvalue weighted by Crippen LogP contribution is 2.42. The van der Waals surface area contributed by atoms with Gasteiger partial charge < -0.3 is 23.9 Å². The van der Waals surface area contributed by atoms with Gasteiger partial charge in [0.15, 0.2) is 11.5 Å². The normalized spacial score (nSPS) is 19.3. The summed E-state index contributed by atoms with van der Waals surface area (Å²) in [6.45, 7) is 2.00. The molecule has 1 fully saturated rings. The zero-order valence-corrected chi connectivity index (χ0v) is 16.6. The molecule has 1 atom stereocenters. The van der Waals surface area contributed by atoms with E-state index in [1.807, 2.05) is 6.07 Å². The van der Waals surface area contributed by atoms with E-state index in [1.165, 1.54) is 4.90 Å². The molecule has 1 N–H and O–H groups in total. The smallest absolute Gasteiger partial charge is 0.296 e. The first-order chi connectivity index (χ1) is 15.0. The lowest BCUT2D eigenvalue weighted by atomic mass is 9.99. The van der Waals surface area contributed by atoms with Crippen molar-refractivity contribution in [2.45, 2.75) is 19.5 Å². The maximum absolute atomic E-state index is 13.0. The Morgan fingerprint density at radius 2 is 2.00 bits per heavy atom. The van der Waals surface area contributed by atoms with Crippen LogP contribution in [0.15, 0.2) is 64.8 Å². The van der Waals surface area contributed by atoms with E-state index >= 15 is 0 Å². The summed E-state index contributed by atoms with van der Waals surface area (Å²) < 4.78 is 16.4. The number of hydrogen-bond donors (Lipinski definition) is 1. The number of furan rings is 1. The summed E-state index contributed by atoms with van der Waals surface area (Å²) in [5.41, 5.74) is 1.06. The van der Waals surface area contributed by atoms with E-state index in [1.54, 1.807) is 55.7 Å². The van der Waals surface area contributed by atoms with Gasteiger partial charge in [0.05, 0.1) is 5.57 Å². The molecule has 1 aromatic carbocycles. The summed E-state index contributed by atoms with van der Waals surface area (Å²) in [6, 6.07) is 11.0. The highest BCUT2D eigenvalue weighted by molar-refractivity contribution is 6.46. The highest BCUT2D eigenvalue weighted by Gasteiger charge is 2.47. The number of aromatic nitrogens is 1. The van der Waals surface area contributed by atoms with Gasteiger partial charge in [-0.15, -0.1) is 0 Å². The number of nitrogens with zero attached hydrogens (tertiary/aromatic N) is 2. The Balaban J connectivity index is 1.63. The molecule has 0 aliphatic carbocycles. The molecule has 31 heavy (non-hydrogen) atoms. The first kappa shape index (κ1) is 18.9. The number of benzene rings is 1. The van der Waals surface area contributed by atoms with Crippen LogP contribution in [-0.4, -0.2) is 33.5 Å². The van der Waals surface area contributed by atoms with Gasteiger partial charge in [-0.25, -0.2) is 0 Å². The Kier molecular flexibility index (Phi) is 4.47. The van der Waals surface area contributed by atoms with Gasteiger partial charge in [0, 0.05) is 24.5 Å². The Labute approximate surface area is 177 Å². The number of ketones is 1. The largest absolute Gasteiger partial charge is 0.507 e. The quantitative estimate of drug-likeness (QED) is 0.394. The van der Waals surface area contributed by atoms with E-state index in [2.05, 4.69) is 4.98 Å². The van der Waals surface area contributed by atoms with Gasteiger partial charge in [-0.3, -0.25) is 14.6 Å². The molecule has 0 saturated carbocycles. The Hall–Kier alpha value is -4.07. The van der Waals surface area contributed by atoms with Crippen molar-refractivity contribution in [3.05, 3.63) is 83.1 Å². The zero-order chi connectivity index (χ0) is 21.5. The van der Waals surface area contributed by atoms with E-state index in [-0.39, 0.29) is 24.7 Å². The molecule has 1 saturated heterocycles. The number of aliphatic hydroxyl groups excluding tert-OH is 1. The van der Waals surface area contributed by atoms with Gasteiger partial charge in [0.2, 0.25) is 6.79 Å². The molecule has 2 aliphatic rings. The molecular formula is C23H18N2O6. The van der Waals surface area contributed by atoms with Crippen LogP contribution in [0.2, 0.25) is 0 Å². The zero-order valence-electron chi connectivity index (χ0n) is 16.6. The predicted octanol–water partition coefficient (Wildman–Crippen LogP) is 3.33. The van der Waals surface area contributed by atoms with Crippen LogP contribution < -0.4 is 9.47 Å². The second-order valence-electron chi connectivity index (χ2n) is 7.30. The van der Waals surface area contributed by atoms with E-state index in [4.69, 9.17) is 13.9 Å². The second-order valence-corrected chi connectivity index (χ2v) is 7.30. The summed E-state index contributed by atoms with van der Waals surface area (Å²) >= 11 is 0. The summed E-state index contributed by atoms with van der Waals surface area (Å²) in [4.78, 5) is 31.4. The number of aliphatic hydroxyl groups is 1. The summed E-state index contributed by atoms with van der Waals surface area (Å²) in [5, 5.41) is 11.1. The van der Waals surface area contributed by atoms with Crippen LogP contribution in [0.25, 0.3) is 5.76 Å². The number of aryl methyl sites for hydroxylation is 1. The Morgan fingerprint density at radius 1 is 1.16 bits per heavy atom. The third-order valence-corrected chi connectivity index (χ3v) is 5.29. The number of pyridine rings is 1. The molecule has 156 valence electrons. The minimum atomic E-state index is -0.876. The third-order valence-electron chi connectivity index (χ3n) is 5.29. The van der Waals surface area contributed by atoms with Crippen LogP contribution in [0, 0.1) is 6.92 Å². The molecule has 0 bridgehead atoms. The van der Waals surface area contributed by atoms with Crippen molar-refractivity contribution in [3.63, 3.8) is 0 Å². The number of carbonyl (C=O) groups excluding carboxylic acids is 2. The SMILES string of the molecule is Cc1ccc(C2/C(=C(/O)c3ccc4c(c3)OCO4)C(=O)C(=O)N2Cc2cccnc2)o1. The number of amides is 1. The van der Waals surface area contributed by atoms with E-state index in [9.17, 15) is 14.7 Å². The molecule has 8 heteroatoms. The molecule has 1 unspecified atom stereocenters. The van der Waals surface area contributed by atoms with Crippen molar-refractivity contribution in [1.29, 1.82) is 0 Å². The lowest BCUT2D eigenvalue weighted by molar-refractivity contribution is -0.140.